The van der Waals surface area contributed by atoms with Gasteiger partial charge in [-0.2, -0.15) is 5.10 Å². The summed E-state index contributed by atoms with van der Waals surface area (Å²) in [6, 6.07) is 10.2. The molecule has 2 heterocycles. The molecule has 0 fully saturated rings. The molecule has 128 valence electrons. The standard InChI is InChI=1S/C19H20N4O2/c1-12(14-7-5-4-6-8-14)17-16(13(2)23(3)22-17)10-9-15-11-20-19(25)21-18(15)24/h4-12H,1-3H3,(H2,20,21,24,25)/b10-9+. The van der Waals surface area contributed by atoms with Gasteiger partial charge in [0.2, 0.25) is 0 Å². The lowest BCUT2D eigenvalue weighted by Crippen LogP contribution is -2.22. The summed E-state index contributed by atoms with van der Waals surface area (Å²) in [5, 5.41) is 4.66. The van der Waals surface area contributed by atoms with Crippen LogP contribution in [0.15, 0.2) is 46.1 Å². The van der Waals surface area contributed by atoms with Crippen molar-refractivity contribution in [3.8, 4) is 0 Å². The molecule has 3 aromatic rings. The van der Waals surface area contributed by atoms with E-state index in [4.69, 9.17) is 0 Å². The number of rotatable bonds is 4. The summed E-state index contributed by atoms with van der Waals surface area (Å²) in [7, 11) is 1.90. The highest BCUT2D eigenvalue weighted by molar-refractivity contribution is 5.71. The number of H-pyrrole nitrogens is 2. The van der Waals surface area contributed by atoms with Crippen LogP contribution in [-0.4, -0.2) is 19.7 Å². The fourth-order valence-electron chi connectivity index (χ4n) is 2.79. The molecule has 0 radical (unpaired) electrons. The normalized spacial score (nSPS) is 12.6. The molecule has 3 rings (SSSR count). The summed E-state index contributed by atoms with van der Waals surface area (Å²) < 4.78 is 1.84. The van der Waals surface area contributed by atoms with Crippen molar-refractivity contribution < 1.29 is 0 Å². The van der Waals surface area contributed by atoms with E-state index in [9.17, 15) is 9.59 Å². The highest BCUT2D eigenvalue weighted by Gasteiger charge is 2.18. The third-order valence-corrected chi connectivity index (χ3v) is 4.40. The van der Waals surface area contributed by atoms with Gasteiger partial charge in [0.1, 0.15) is 0 Å². The summed E-state index contributed by atoms with van der Waals surface area (Å²) in [4.78, 5) is 27.7. The van der Waals surface area contributed by atoms with Crippen molar-refractivity contribution in [3.05, 3.63) is 85.4 Å². The molecular weight excluding hydrogens is 316 g/mol. The smallest absolute Gasteiger partial charge is 0.314 e. The molecule has 0 saturated heterocycles. The summed E-state index contributed by atoms with van der Waals surface area (Å²) in [6.07, 6.45) is 4.98. The molecule has 1 atom stereocenters. The summed E-state index contributed by atoms with van der Waals surface area (Å²) in [5.41, 5.74) is 3.57. The Morgan fingerprint density at radius 2 is 1.88 bits per heavy atom. The number of nitrogens with zero attached hydrogens (tertiary/aromatic N) is 2. The molecule has 2 N–H and O–H groups in total. The van der Waals surface area contributed by atoms with Gasteiger partial charge >= 0.3 is 5.69 Å². The third-order valence-electron chi connectivity index (χ3n) is 4.40. The van der Waals surface area contributed by atoms with Crippen molar-refractivity contribution in [2.24, 2.45) is 7.05 Å². The van der Waals surface area contributed by atoms with Crippen LogP contribution >= 0.6 is 0 Å². The second kappa shape index (κ2) is 6.76. The highest BCUT2D eigenvalue weighted by Crippen LogP contribution is 2.28. The molecule has 0 spiro atoms. The molecule has 0 aliphatic carbocycles. The average Bonchev–Trinajstić information content (AvgIpc) is 2.89. The Labute approximate surface area is 144 Å². The Hall–Kier alpha value is -3.15. The molecular formula is C19H20N4O2. The van der Waals surface area contributed by atoms with Crippen LogP contribution in [0, 0.1) is 6.92 Å². The molecule has 6 heteroatoms. The van der Waals surface area contributed by atoms with Gasteiger partial charge in [-0.05, 0) is 18.6 Å². The third kappa shape index (κ3) is 3.38. The van der Waals surface area contributed by atoms with E-state index in [-0.39, 0.29) is 5.92 Å². The van der Waals surface area contributed by atoms with Gasteiger partial charge in [0.05, 0.1) is 11.3 Å². The Bertz CT molecular complexity index is 1030. The van der Waals surface area contributed by atoms with Gasteiger partial charge in [0.25, 0.3) is 5.56 Å². The van der Waals surface area contributed by atoms with Crippen molar-refractivity contribution >= 4 is 12.2 Å². The first-order valence-corrected chi connectivity index (χ1v) is 8.06. The maximum Gasteiger partial charge on any atom is 0.325 e. The van der Waals surface area contributed by atoms with Crippen molar-refractivity contribution in [1.29, 1.82) is 0 Å². The minimum absolute atomic E-state index is 0.120. The number of hydrogen-bond donors (Lipinski definition) is 2. The SMILES string of the molecule is Cc1c(/C=C/c2c[nH]c(=O)[nH]c2=O)c(C(C)c2ccccc2)nn1C. The van der Waals surface area contributed by atoms with E-state index in [2.05, 4.69) is 34.1 Å². The zero-order valence-electron chi connectivity index (χ0n) is 14.4. The van der Waals surface area contributed by atoms with Crippen LogP contribution in [-0.2, 0) is 7.05 Å². The fourth-order valence-corrected chi connectivity index (χ4v) is 2.79. The zero-order valence-corrected chi connectivity index (χ0v) is 14.4. The Kier molecular flexibility index (Phi) is 4.52. The topological polar surface area (TPSA) is 83.5 Å². The molecule has 0 aliphatic heterocycles. The lowest BCUT2D eigenvalue weighted by molar-refractivity contribution is 0.708. The number of aromatic nitrogens is 4. The monoisotopic (exact) mass is 336 g/mol. The van der Waals surface area contributed by atoms with E-state index >= 15 is 0 Å². The first-order chi connectivity index (χ1) is 12.0. The van der Waals surface area contributed by atoms with Crippen LogP contribution in [0.5, 0.6) is 0 Å². The van der Waals surface area contributed by atoms with Crippen LogP contribution < -0.4 is 11.2 Å². The van der Waals surface area contributed by atoms with Crippen LogP contribution in [0.1, 0.15) is 40.9 Å². The molecule has 0 aliphatic rings. The number of hydrogen-bond acceptors (Lipinski definition) is 3. The van der Waals surface area contributed by atoms with Crippen molar-refractivity contribution in [2.75, 3.05) is 0 Å². The van der Waals surface area contributed by atoms with E-state index in [1.165, 1.54) is 11.8 Å². The minimum Gasteiger partial charge on any atom is -0.314 e. The van der Waals surface area contributed by atoms with Crippen molar-refractivity contribution in [3.63, 3.8) is 0 Å². The number of aryl methyl sites for hydroxylation is 1. The van der Waals surface area contributed by atoms with Gasteiger partial charge in [-0.3, -0.25) is 14.5 Å². The minimum atomic E-state index is -0.516. The molecule has 1 unspecified atom stereocenters. The molecule has 0 bridgehead atoms. The maximum atomic E-state index is 11.8. The number of benzene rings is 1. The molecule has 0 amide bonds. The lowest BCUT2D eigenvalue weighted by atomic mass is 9.94. The molecule has 0 saturated carbocycles. The predicted octanol–water partition coefficient (Wildman–Crippen LogP) is 2.43. The second-order valence-electron chi connectivity index (χ2n) is 6.00. The summed E-state index contributed by atoms with van der Waals surface area (Å²) >= 11 is 0. The lowest BCUT2D eigenvalue weighted by Gasteiger charge is -2.10. The average molecular weight is 336 g/mol. The molecule has 1 aromatic carbocycles. The van der Waals surface area contributed by atoms with E-state index < -0.39 is 11.2 Å². The van der Waals surface area contributed by atoms with Gasteiger partial charge in [0.15, 0.2) is 0 Å². The predicted molar refractivity (Wildman–Crippen MR) is 98.5 cm³/mol. The van der Waals surface area contributed by atoms with E-state index in [1.54, 1.807) is 6.08 Å². The van der Waals surface area contributed by atoms with Crippen LogP contribution in [0.2, 0.25) is 0 Å². The Morgan fingerprint density at radius 3 is 2.56 bits per heavy atom. The largest absolute Gasteiger partial charge is 0.325 e. The quantitative estimate of drug-likeness (QED) is 0.767. The van der Waals surface area contributed by atoms with E-state index in [0.29, 0.717) is 5.56 Å². The zero-order chi connectivity index (χ0) is 18.0. The molecule has 2 aromatic heterocycles. The first-order valence-electron chi connectivity index (χ1n) is 8.06. The van der Waals surface area contributed by atoms with Gasteiger partial charge in [-0.25, -0.2) is 4.79 Å². The van der Waals surface area contributed by atoms with Gasteiger partial charge in [-0.15, -0.1) is 0 Å². The second-order valence-corrected chi connectivity index (χ2v) is 6.00. The van der Waals surface area contributed by atoms with E-state index in [1.807, 2.05) is 42.9 Å². The van der Waals surface area contributed by atoms with Gasteiger partial charge in [0, 0.05) is 30.4 Å². The Balaban J connectivity index is 2.03. The summed E-state index contributed by atoms with van der Waals surface area (Å²) in [6.45, 7) is 4.10. The van der Waals surface area contributed by atoms with Crippen molar-refractivity contribution in [2.45, 2.75) is 19.8 Å². The van der Waals surface area contributed by atoms with E-state index in [0.717, 1.165) is 17.0 Å². The maximum absolute atomic E-state index is 11.8. The van der Waals surface area contributed by atoms with Gasteiger partial charge < -0.3 is 4.98 Å². The van der Waals surface area contributed by atoms with Gasteiger partial charge in [-0.1, -0.05) is 43.3 Å². The highest BCUT2D eigenvalue weighted by atomic mass is 16.2. The molecule has 25 heavy (non-hydrogen) atoms. The van der Waals surface area contributed by atoms with Crippen LogP contribution in [0.3, 0.4) is 0 Å². The fraction of sp³-hybridized carbons (Fsp3) is 0.211. The summed E-state index contributed by atoms with van der Waals surface area (Å²) in [5.74, 6) is 0.120. The van der Waals surface area contributed by atoms with Crippen molar-refractivity contribution in [1.82, 2.24) is 19.7 Å². The number of nitrogens with one attached hydrogen (secondary N) is 2. The van der Waals surface area contributed by atoms with Crippen LogP contribution in [0.25, 0.3) is 12.2 Å². The number of aromatic amines is 2. The first kappa shape index (κ1) is 16.7. The molecule has 6 nitrogen and oxygen atoms in total. The van der Waals surface area contributed by atoms with Crippen LogP contribution in [0.4, 0.5) is 0 Å². The Morgan fingerprint density at radius 1 is 1.16 bits per heavy atom.